The van der Waals surface area contributed by atoms with E-state index in [0.717, 1.165) is 12.1 Å². The molecule has 1 heterocycles. The molecule has 1 saturated heterocycles. The van der Waals surface area contributed by atoms with Gasteiger partial charge >= 0.3 is 0 Å². The summed E-state index contributed by atoms with van der Waals surface area (Å²) in [5, 5.41) is 16.5. The molecule has 1 fully saturated rings. The van der Waals surface area contributed by atoms with Gasteiger partial charge in [-0.1, -0.05) is 24.3 Å². The number of phenols is 1. The van der Waals surface area contributed by atoms with Crippen LogP contribution in [0.5, 0.6) is 11.5 Å². The second kappa shape index (κ2) is 11.9. The highest BCUT2D eigenvalue weighted by atomic mass is 127. The summed E-state index contributed by atoms with van der Waals surface area (Å²) >= 11 is 0. The summed E-state index contributed by atoms with van der Waals surface area (Å²) < 4.78 is 5.21. The molecule has 3 N–H and O–H groups in total. The van der Waals surface area contributed by atoms with Crippen molar-refractivity contribution in [1.29, 1.82) is 0 Å². The maximum atomic E-state index is 9.99. The molecule has 3 rings (SSSR count). The lowest BCUT2D eigenvalue weighted by molar-refractivity contribution is 0.331. The van der Waals surface area contributed by atoms with E-state index in [4.69, 9.17) is 4.74 Å². The maximum Gasteiger partial charge on any atom is 0.191 e. The summed E-state index contributed by atoms with van der Waals surface area (Å²) in [5.41, 5.74) is 3.33. The predicted molar refractivity (Wildman–Crippen MR) is 128 cm³/mol. The van der Waals surface area contributed by atoms with Gasteiger partial charge in [0.2, 0.25) is 0 Å². The average Bonchev–Trinajstić information content (AvgIpc) is 3.23. The van der Waals surface area contributed by atoms with Gasteiger partial charge < -0.3 is 20.5 Å². The highest BCUT2D eigenvalue weighted by Gasteiger charge is 2.11. The molecule has 0 radical (unpaired) electrons. The van der Waals surface area contributed by atoms with Crippen LogP contribution in [0.4, 0.5) is 0 Å². The number of aliphatic imine (C=N–C) groups is 1. The number of ether oxygens (including phenoxy) is 1. The Bertz CT molecular complexity index is 790. The monoisotopic (exact) mass is 510 g/mol. The van der Waals surface area contributed by atoms with E-state index < -0.39 is 0 Å². The molecule has 1 aliphatic rings. The zero-order valence-corrected chi connectivity index (χ0v) is 19.5. The van der Waals surface area contributed by atoms with Gasteiger partial charge in [0.1, 0.15) is 11.5 Å². The number of methoxy groups -OCH3 is 1. The average molecular weight is 510 g/mol. The Hall–Kier alpha value is -2.00. The Balaban J connectivity index is 0.00000300. The van der Waals surface area contributed by atoms with Gasteiger partial charge in [-0.2, -0.15) is 0 Å². The highest BCUT2D eigenvalue weighted by molar-refractivity contribution is 14.0. The van der Waals surface area contributed by atoms with Gasteiger partial charge in [-0.25, -0.2) is 0 Å². The molecule has 158 valence electrons. The van der Waals surface area contributed by atoms with Crippen molar-refractivity contribution in [3.8, 4) is 11.5 Å². The number of likely N-dealkylation sites (tertiary alicyclic amines) is 1. The topological polar surface area (TPSA) is 69.1 Å². The molecule has 0 aromatic heterocycles. The summed E-state index contributed by atoms with van der Waals surface area (Å²) in [6.07, 6.45) is 2.64. The smallest absolute Gasteiger partial charge is 0.191 e. The normalized spacial score (nSPS) is 14.3. The number of guanidine groups is 1. The van der Waals surface area contributed by atoms with E-state index in [0.29, 0.717) is 24.8 Å². The van der Waals surface area contributed by atoms with Crippen molar-refractivity contribution in [2.45, 2.75) is 32.5 Å². The third-order valence-corrected chi connectivity index (χ3v) is 5.04. The fourth-order valence-corrected chi connectivity index (χ4v) is 3.38. The lowest BCUT2D eigenvalue weighted by atomic mass is 10.1. The number of hydrogen-bond donors (Lipinski definition) is 3. The molecule has 2 aromatic carbocycles. The Morgan fingerprint density at radius 2 is 1.69 bits per heavy atom. The molecule has 0 unspecified atom stereocenters. The van der Waals surface area contributed by atoms with Crippen molar-refractivity contribution < 1.29 is 9.84 Å². The van der Waals surface area contributed by atoms with E-state index in [1.54, 1.807) is 26.3 Å². The number of aromatic hydroxyl groups is 1. The first-order chi connectivity index (χ1) is 13.7. The minimum atomic E-state index is 0. The molecule has 2 aromatic rings. The summed E-state index contributed by atoms with van der Waals surface area (Å²) in [6, 6.07) is 13.9. The second-order valence-corrected chi connectivity index (χ2v) is 7.07. The van der Waals surface area contributed by atoms with Crippen LogP contribution in [0, 0.1) is 0 Å². The Labute approximate surface area is 190 Å². The summed E-state index contributed by atoms with van der Waals surface area (Å²) in [5.74, 6) is 1.63. The molecule has 0 amide bonds. The van der Waals surface area contributed by atoms with Crippen molar-refractivity contribution in [2.75, 3.05) is 27.2 Å². The van der Waals surface area contributed by atoms with Crippen molar-refractivity contribution in [2.24, 2.45) is 4.99 Å². The summed E-state index contributed by atoms with van der Waals surface area (Å²) in [7, 11) is 3.35. The van der Waals surface area contributed by atoms with E-state index in [-0.39, 0.29) is 29.7 Å². The van der Waals surface area contributed by atoms with Crippen LogP contribution in [0.2, 0.25) is 0 Å². The minimum absolute atomic E-state index is 0. The molecule has 7 heteroatoms. The third kappa shape index (κ3) is 7.08. The highest BCUT2D eigenvalue weighted by Crippen LogP contribution is 2.22. The van der Waals surface area contributed by atoms with Gasteiger partial charge in [-0.15, -0.1) is 24.0 Å². The lowest BCUT2D eigenvalue weighted by Crippen LogP contribution is -2.36. The van der Waals surface area contributed by atoms with Gasteiger partial charge in [0.15, 0.2) is 5.96 Å². The molecule has 0 saturated carbocycles. The quantitative estimate of drug-likeness (QED) is 0.303. The summed E-state index contributed by atoms with van der Waals surface area (Å²) in [6.45, 7) is 4.62. The van der Waals surface area contributed by atoms with Crippen molar-refractivity contribution >= 4 is 29.9 Å². The molecular formula is C22H31IN4O2. The van der Waals surface area contributed by atoms with Crippen LogP contribution in [0.3, 0.4) is 0 Å². The first-order valence-corrected chi connectivity index (χ1v) is 9.78. The summed E-state index contributed by atoms with van der Waals surface area (Å²) in [4.78, 5) is 6.76. The van der Waals surface area contributed by atoms with Gasteiger partial charge in [-0.05, 0) is 55.3 Å². The zero-order chi connectivity index (χ0) is 19.8. The molecular weight excluding hydrogens is 479 g/mol. The SMILES string of the molecule is CN=C(NCc1ccc(CN2CCCC2)cc1)NCc1cc(OC)ccc1O.I. The fourth-order valence-electron chi connectivity index (χ4n) is 3.38. The molecule has 6 nitrogen and oxygen atoms in total. The maximum absolute atomic E-state index is 9.99. The van der Waals surface area contributed by atoms with E-state index in [9.17, 15) is 5.11 Å². The van der Waals surface area contributed by atoms with E-state index in [2.05, 4.69) is 44.8 Å². The van der Waals surface area contributed by atoms with Crippen LogP contribution in [0.1, 0.15) is 29.5 Å². The second-order valence-electron chi connectivity index (χ2n) is 7.07. The van der Waals surface area contributed by atoms with Crippen molar-refractivity contribution in [1.82, 2.24) is 15.5 Å². The number of nitrogens with one attached hydrogen (secondary N) is 2. The number of hydrogen-bond acceptors (Lipinski definition) is 4. The van der Waals surface area contributed by atoms with Crippen LogP contribution < -0.4 is 15.4 Å². The molecule has 1 aliphatic heterocycles. The van der Waals surface area contributed by atoms with Gasteiger partial charge in [0.25, 0.3) is 0 Å². The van der Waals surface area contributed by atoms with Gasteiger partial charge in [-0.3, -0.25) is 9.89 Å². The van der Waals surface area contributed by atoms with Crippen LogP contribution in [-0.2, 0) is 19.6 Å². The van der Waals surface area contributed by atoms with Gasteiger partial charge in [0.05, 0.1) is 7.11 Å². The van der Waals surface area contributed by atoms with Gasteiger partial charge in [0, 0.05) is 32.2 Å². The Morgan fingerprint density at radius 1 is 1.03 bits per heavy atom. The van der Waals surface area contributed by atoms with E-state index >= 15 is 0 Å². The minimum Gasteiger partial charge on any atom is -0.508 e. The standard InChI is InChI=1S/C22H30N4O2.HI/c1-23-22(25-15-19-13-20(28-2)9-10-21(19)27)24-14-17-5-7-18(8-6-17)16-26-11-3-4-12-26;/h5-10,13,27H,3-4,11-12,14-16H2,1-2H3,(H2,23,24,25);1H. The van der Waals surface area contributed by atoms with Crippen molar-refractivity contribution in [3.63, 3.8) is 0 Å². The van der Waals surface area contributed by atoms with Crippen molar-refractivity contribution in [3.05, 3.63) is 59.2 Å². The van der Waals surface area contributed by atoms with Crippen LogP contribution in [0.15, 0.2) is 47.5 Å². The van der Waals surface area contributed by atoms with Crippen LogP contribution in [-0.4, -0.2) is 43.2 Å². The van der Waals surface area contributed by atoms with E-state index in [1.807, 2.05) is 6.07 Å². The molecule has 29 heavy (non-hydrogen) atoms. The molecule has 0 bridgehead atoms. The first-order valence-electron chi connectivity index (χ1n) is 9.78. The van der Waals surface area contributed by atoms with Crippen LogP contribution >= 0.6 is 24.0 Å². The lowest BCUT2D eigenvalue weighted by Gasteiger charge is -2.15. The number of nitrogens with zero attached hydrogens (tertiary/aromatic N) is 2. The number of phenolic OH excluding ortho intramolecular Hbond substituents is 1. The molecule has 0 spiro atoms. The first kappa shape index (κ1) is 23.3. The number of halogens is 1. The molecule has 0 atom stereocenters. The fraction of sp³-hybridized carbons (Fsp3) is 0.409. The predicted octanol–water partition coefficient (Wildman–Crippen LogP) is 3.48. The molecule has 0 aliphatic carbocycles. The van der Waals surface area contributed by atoms with E-state index in [1.165, 1.54) is 37.1 Å². The largest absolute Gasteiger partial charge is 0.508 e. The number of rotatable bonds is 7. The third-order valence-electron chi connectivity index (χ3n) is 5.04. The Morgan fingerprint density at radius 3 is 2.34 bits per heavy atom. The zero-order valence-electron chi connectivity index (χ0n) is 17.1. The van der Waals surface area contributed by atoms with Crippen LogP contribution in [0.25, 0.3) is 0 Å². The Kier molecular flexibility index (Phi) is 9.53. The number of benzene rings is 2.